The van der Waals surface area contributed by atoms with Gasteiger partial charge in [-0.25, -0.2) is 21.8 Å². The van der Waals surface area contributed by atoms with Crippen molar-refractivity contribution in [3.63, 3.8) is 0 Å². The maximum atomic E-state index is 11.7. The van der Waals surface area contributed by atoms with E-state index in [9.17, 15) is 40.9 Å². The molecule has 0 radical (unpaired) electrons. The van der Waals surface area contributed by atoms with Gasteiger partial charge in [-0.15, -0.1) is 0 Å². The summed E-state index contributed by atoms with van der Waals surface area (Å²) in [5.41, 5.74) is 3.24. The standard InChI is InChI=1S/C21H16N2O9S2.2Na/c24-11-23(15-2-4-19-13(6-15)8-17(10-21(19)26)34(30,31)32)22-14-1-3-18-12(5-14)7-16(9-20(18)25)33(27,28)29;;/h1-11,22,25-26H,(H,27,28,29)(H,30,31,32);;/q;2*+1/p-2. The third-order valence-electron chi connectivity index (χ3n) is 5.00. The zero-order chi connectivity index (χ0) is 24.8. The number of carbonyl (C=O) groups excluding carboxylic acids is 1. The molecule has 0 aliphatic heterocycles. The van der Waals surface area contributed by atoms with Crippen molar-refractivity contribution in [2.75, 3.05) is 10.4 Å². The molecule has 0 saturated carbocycles. The Morgan fingerprint density at radius 3 is 1.67 bits per heavy atom. The van der Waals surface area contributed by atoms with Gasteiger partial charge < -0.3 is 19.3 Å². The number of nitrogens with zero attached hydrogens (tertiary/aromatic N) is 1. The van der Waals surface area contributed by atoms with Crippen molar-refractivity contribution in [2.24, 2.45) is 0 Å². The first-order valence-electron chi connectivity index (χ1n) is 9.33. The fraction of sp³-hybridized carbons (Fsp3) is 0. The fourth-order valence-electron chi connectivity index (χ4n) is 3.43. The van der Waals surface area contributed by atoms with E-state index in [2.05, 4.69) is 5.43 Å². The molecule has 0 fully saturated rings. The number of phenols is 2. The van der Waals surface area contributed by atoms with Gasteiger partial charge in [-0.2, -0.15) is 0 Å². The molecule has 0 bridgehead atoms. The molecule has 3 N–H and O–H groups in total. The summed E-state index contributed by atoms with van der Waals surface area (Å²) < 4.78 is 68.0. The van der Waals surface area contributed by atoms with Gasteiger partial charge in [-0.05, 0) is 71.4 Å². The van der Waals surface area contributed by atoms with E-state index in [1.807, 2.05) is 0 Å². The minimum absolute atomic E-state index is 0. The molecule has 4 aromatic rings. The number of benzene rings is 4. The van der Waals surface area contributed by atoms with Crippen molar-refractivity contribution in [3.8, 4) is 11.5 Å². The maximum absolute atomic E-state index is 11.7. The molecule has 0 aromatic heterocycles. The molecule has 176 valence electrons. The third-order valence-corrected chi connectivity index (χ3v) is 6.63. The Balaban J connectivity index is 0.00000228. The molecule has 0 saturated heterocycles. The van der Waals surface area contributed by atoms with Gasteiger partial charge >= 0.3 is 59.1 Å². The Morgan fingerprint density at radius 2 is 1.19 bits per heavy atom. The number of hydrazine groups is 1. The first kappa shape index (κ1) is 30.3. The Bertz CT molecular complexity index is 1700. The molecule has 4 rings (SSSR count). The molecular formula is C21H14N2Na2O9S2. The largest absolute Gasteiger partial charge is 1.00 e. The summed E-state index contributed by atoms with van der Waals surface area (Å²) in [5.74, 6) is -0.841. The van der Waals surface area contributed by atoms with Crippen LogP contribution >= 0.6 is 0 Å². The SMILES string of the molecule is O=CN(Nc1ccc2c(O)cc(S(=O)(=O)[O-])cc2c1)c1ccc2c(O)cc(S(=O)(=O)[O-])cc2c1.[Na+].[Na+]. The Morgan fingerprint density at radius 1 is 0.722 bits per heavy atom. The van der Waals surface area contributed by atoms with Crippen LogP contribution in [0.5, 0.6) is 11.5 Å². The second-order valence-corrected chi connectivity index (χ2v) is 9.98. The maximum Gasteiger partial charge on any atom is 1.00 e. The number of rotatable bonds is 6. The van der Waals surface area contributed by atoms with Crippen molar-refractivity contribution in [1.29, 1.82) is 0 Å². The van der Waals surface area contributed by atoms with E-state index in [-0.39, 0.29) is 92.0 Å². The molecule has 4 aromatic carbocycles. The molecule has 0 aliphatic rings. The summed E-state index contributed by atoms with van der Waals surface area (Å²) in [5, 5.41) is 22.0. The quantitative estimate of drug-likeness (QED) is 0.0934. The minimum atomic E-state index is -4.84. The molecule has 0 spiro atoms. The predicted molar refractivity (Wildman–Crippen MR) is 119 cm³/mol. The summed E-state index contributed by atoms with van der Waals surface area (Å²) in [4.78, 5) is 10.5. The summed E-state index contributed by atoms with van der Waals surface area (Å²) in [6.45, 7) is 0. The van der Waals surface area contributed by atoms with Crippen molar-refractivity contribution >= 4 is 59.6 Å². The number of fused-ring (bicyclic) bond motifs is 2. The smallest absolute Gasteiger partial charge is 0.744 e. The van der Waals surface area contributed by atoms with Crippen LogP contribution < -0.4 is 69.5 Å². The van der Waals surface area contributed by atoms with Crippen LogP contribution in [0.4, 0.5) is 11.4 Å². The van der Waals surface area contributed by atoms with Crippen LogP contribution in [0.15, 0.2) is 70.5 Å². The molecule has 15 heteroatoms. The summed E-state index contributed by atoms with van der Waals surface area (Å²) >= 11 is 0. The Kier molecular flexibility index (Phi) is 9.45. The van der Waals surface area contributed by atoms with Gasteiger partial charge in [0.15, 0.2) is 0 Å². The van der Waals surface area contributed by atoms with Crippen LogP contribution in [0.25, 0.3) is 21.5 Å². The topological polar surface area (TPSA) is 187 Å². The van der Waals surface area contributed by atoms with Crippen LogP contribution in [0.1, 0.15) is 0 Å². The zero-order valence-electron chi connectivity index (χ0n) is 18.9. The number of hydrogen-bond donors (Lipinski definition) is 3. The van der Waals surface area contributed by atoms with Crippen LogP contribution in [0.2, 0.25) is 0 Å². The molecule has 11 nitrogen and oxygen atoms in total. The van der Waals surface area contributed by atoms with E-state index in [4.69, 9.17) is 0 Å². The van der Waals surface area contributed by atoms with Crippen molar-refractivity contribution in [2.45, 2.75) is 9.79 Å². The van der Waals surface area contributed by atoms with E-state index in [1.54, 1.807) is 0 Å². The number of phenolic OH excluding ortho intramolecular Hbond substituents is 2. The van der Waals surface area contributed by atoms with Gasteiger partial charge in [-0.3, -0.25) is 10.2 Å². The predicted octanol–water partition coefficient (Wildman–Crippen LogP) is -3.79. The van der Waals surface area contributed by atoms with E-state index in [0.717, 1.165) is 29.3 Å². The molecule has 0 aliphatic carbocycles. The van der Waals surface area contributed by atoms with Crippen molar-refractivity contribution < 1.29 is 100 Å². The number of carbonyl (C=O) groups is 1. The van der Waals surface area contributed by atoms with Crippen LogP contribution in [0, 0.1) is 0 Å². The van der Waals surface area contributed by atoms with Gasteiger partial charge in [0.25, 0.3) is 0 Å². The number of hydrogen-bond acceptors (Lipinski definition) is 10. The average molecular weight is 548 g/mol. The van der Waals surface area contributed by atoms with E-state index < -0.39 is 41.5 Å². The van der Waals surface area contributed by atoms with Crippen LogP contribution in [0.3, 0.4) is 0 Å². The van der Waals surface area contributed by atoms with Gasteiger partial charge in [-0.1, -0.05) is 0 Å². The molecule has 1 amide bonds. The first-order valence-corrected chi connectivity index (χ1v) is 12.1. The minimum Gasteiger partial charge on any atom is -0.744 e. The van der Waals surface area contributed by atoms with Crippen molar-refractivity contribution in [3.05, 3.63) is 60.7 Å². The second-order valence-electron chi connectivity index (χ2n) is 7.22. The normalized spacial score (nSPS) is 11.4. The first-order chi connectivity index (χ1) is 15.9. The number of nitrogens with one attached hydrogen (secondary N) is 1. The molecular weight excluding hydrogens is 534 g/mol. The van der Waals surface area contributed by atoms with Crippen LogP contribution in [-0.4, -0.2) is 42.6 Å². The fourth-order valence-corrected chi connectivity index (χ4v) is 4.49. The van der Waals surface area contributed by atoms with Gasteiger partial charge in [0, 0.05) is 10.8 Å². The molecule has 36 heavy (non-hydrogen) atoms. The monoisotopic (exact) mass is 548 g/mol. The molecule has 0 unspecified atom stereocenters. The van der Waals surface area contributed by atoms with Gasteiger partial charge in [0.2, 0.25) is 6.41 Å². The molecule has 0 heterocycles. The van der Waals surface area contributed by atoms with E-state index in [0.29, 0.717) is 6.41 Å². The van der Waals surface area contributed by atoms with Gasteiger partial charge in [0.1, 0.15) is 31.7 Å². The second kappa shape index (κ2) is 11.2. The van der Waals surface area contributed by atoms with Crippen LogP contribution in [-0.2, 0) is 25.0 Å². The average Bonchev–Trinajstić information content (AvgIpc) is 2.75. The summed E-state index contributed by atoms with van der Waals surface area (Å²) in [6, 6.07) is 12.4. The number of amides is 1. The van der Waals surface area contributed by atoms with Crippen molar-refractivity contribution in [1.82, 2.24) is 0 Å². The zero-order valence-corrected chi connectivity index (χ0v) is 24.5. The van der Waals surface area contributed by atoms with E-state index in [1.165, 1.54) is 36.4 Å². The number of anilines is 2. The third kappa shape index (κ3) is 6.31. The van der Waals surface area contributed by atoms with E-state index >= 15 is 0 Å². The number of aromatic hydroxyl groups is 2. The summed E-state index contributed by atoms with van der Waals surface area (Å²) in [7, 11) is -9.66. The Labute approximate surface area is 249 Å². The molecule has 0 atom stereocenters. The Hall–Kier alpha value is -1.91. The van der Waals surface area contributed by atoms with Gasteiger partial charge in [0.05, 0.1) is 21.2 Å². The summed E-state index contributed by atoms with van der Waals surface area (Å²) in [6.07, 6.45) is 0.398.